The highest BCUT2D eigenvalue weighted by Crippen LogP contribution is 2.24. The number of hydrogen-bond donors (Lipinski definition) is 1. The molecule has 0 aromatic heterocycles. The number of carboxylic acids is 1. The minimum Gasteiger partial charge on any atom is -0.478 e. The van der Waals surface area contributed by atoms with Gasteiger partial charge in [-0.3, -0.25) is 0 Å². The molecule has 0 spiro atoms. The summed E-state index contributed by atoms with van der Waals surface area (Å²) in [5, 5.41) is 17.8. The maximum Gasteiger partial charge on any atom is 0.335 e. The lowest BCUT2D eigenvalue weighted by Crippen LogP contribution is -2.06. The molecule has 78 valence electrons. The summed E-state index contributed by atoms with van der Waals surface area (Å²) in [6, 6.07) is 8.75. The van der Waals surface area contributed by atoms with Crippen molar-refractivity contribution in [2.75, 3.05) is 0 Å². The molecule has 0 saturated carbocycles. The largest absolute Gasteiger partial charge is 0.478 e. The fourth-order valence-electron chi connectivity index (χ4n) is 1.47. The number of benzene rings is 1. The van der Waals surface area contributed by atoms with E-state index in [-0.39, 0.29) is 17.4 Å². The van der Waals surface area contributed by atoms with Crippen molar-refractivity contribution in [1.29, 1.82) is 5.26 Å². The van der Waals surface area contributed by atoms with E-state index in [1.165, 1.54) is 6.07 Å². The number of nitriles is 1. The van der Waals surface area contributed by atoms with Gasteiger partial charge in [0.2, 0.25) is 0 Å². The number of hydrogen-bond acceptors (Lipinski definition) is 2. The van der Waals surface area contributed by atoms with Gasteiger partial charge in [-0.2, -0.15) is 5.26 Å². The van der Waals surface area contributed by atoms with Crippen molar-refractivity contribution in [3.8, 4) is 6.07 Å². The van der Waals surface area contributed by atoms with E-state index in [1.54, 1.807) is 18.2 Å². The van der Waals surface area contributed by atoms with Crippen LogP contribution in [0.4, 0.5) is 0 Å². The van der Waals surface area contributed by atoms with Crippen molar-refractivity contribution in [1.82, 2.24) is 0 Å². The van der Waals surface area contributed by atoms with Crippen molar-refractivity contribution in [2.45, 2.75) is 19.8 Å². The summed E-state index contributed by atoms with van der Waals surface area (Å²) in [6.07, 6.45) is 0. The van der Waals surface area contributed by atoms with E-state index < -0.39 is 5.97 Å². The number of carbonyl (C=O) groups is 1. The van der Waals surface area contributed by atoms with Crippen LogP contribution in [0.5, 0.6) is 0 Å². The van der Waals surface area contributed by atoms with E-state index >= 15 is 0 Å². The summed E-state index contributed by atoms with van der Waals surface area (Å²) in [5.41, 5.74) is 1.00. The topological polar surface area (TPSA) is 61.1 Å². The molecular weight excluding hydrogens is 190 g/mol. The molecule has 0 aliphatic carbocycles. The second kappa shape index (κ2) is 4.61. The van der Waals surface area contributed by atoms with Crippen LogP contribution in [0.3, 0.4) is 0 Å². The minimum atomic E-state index is -0.961. The molecule has 1 rings (SSSR count). The first-order chi connectivity index (χ1) is 7.06. The Bertz CT molecular complexity index is 404. The predicted octanol–water partition coefficient (Wildman–Crippen LogP) is 2.65. The van der Waals surface area contributed by atoms with Crippen LogP contribution in [0.2, 0.25) is 0 Å². The van der Waals surface area contributed by atoms with E-state index in [0.717, 1.165) is 5.56 Å². The molecule has 1 aromatic carbocycles. The molecule has 0 saturated heterocycles. The first-order valence-corrected chi connectivity index (χ1v) is 4.79. The summed E-state index contributed by atoms with van der Waals surface area (Å²) >= 11 is 0. The first kappa shape index (κ1) is 11.3. The van der Waals surface area contributed by atoms with E-state index in [9.17, 15) is 4.79 Å². The molecular formula is C12H13NO2. The van der Waals surface area contributed by atoms with E-state index in [2.05, 4.69) is 6.07 Å². The van der Waals surface area contributed by atoms with Gasteiger partial charge < -0.3 is 5.11 Å². The maximum atomic E-state index is 10.8. The van der Waals surface area contributed by atoms with Gasteiger partial charge in [0.15, 0.2) is 0 Å². The van der Waals surface area contributed by atoms with E-state index in [1.807, 2.05) is 13.8 Å². The summed E-state index contributed by atoms with van der Waals surface area (Å²) in [6.45, 7) is 3.89. The van der Waals surface area contributed by atoms with Crippen LogP contribution in [0.25, 0.3) is 0 Å². The Morgan fingerprint density at radius 3 is 2.60 bits per heavy atom. The fourth-order valence-corrected chi connectivity index (χ4v) is 1.47. The summed E-state index contributed by atoms with van der Waals surface area (Å²) < 4.78 is 0. The Kier molecular flexibility index (Phi) is 3.46. The highest BCUT2D eigenvalue weighted by Gasteiger charge is 2.16. The molecule has 0 aliphatic heterocycles. The fraction of sp³-hybridized carbons (Fsp3) is 0.333. The van der Waals surface area contributed by atoms with Gasteiger partial charge in [-0.15, -0.1) is 0 Å². The highest BCUT2D eigenvalue weighted by molar-refractivity contribution is 5.87. The number of aromatic carboxylic acids is 1. The van der Waals surface area contributed by atoms with Crippen LogP contribution in [-0.2, 0) is 0 Å². The zero-order valence-corrected chi connectivity index (χ0v) is 8.77. The molecule has 0 amide bonds. The molecule has 3 heteroatoms. The van der Waals surface area contributed by atoms with Gasteiger partial charge in [0.25, 0.3) is 0 Å². The predicted molar refractivity (Wildman–Crippen MR) is 56.6 cm³/mol. The molecule has 1 aromatic rings. The number of nitrogens with zero attached hydrogens (tertiary/aromatic N) is 1. The van der Waals surface area contributed by atoms with Gasteiger partial charge in [-0.1, -0.05) is 26.0 Å². The monoisotopic (exact) mass is 203 g/mol. The van der Waals surface area contributed by atoms with Gasteiger partial charge >= 0.3 is 5.97 Å². The van der Waals surface area contributed by atoms with Crippen molar-refractivity contribution >= 4 is 5.97 Å². The zero-order chi connectivity index (χ0) is 11.4. The molecule has 15 heavy (non-hydrogen) atoms. The Morgan fingerprint density at radius 2 is 2.13 bits per heavy atom. The molecule has 1 unspecified atom stereocenters. The molecule has 3 nitrogen and oxygen atoms in total. The minimum absolute atomic E-state index is 0.180. The average molecular weight is 203 g/mol. The quantitative estimate of drug-likeness (QED) is 0.821. The number of carboxylic acid groups (broad SMARTS) is 1. The van der Waals surface area contributed by atoms with E-state index in [4.69, 9.17) is 10.4 Å². The summed E-state index contributed by atoms with van der Waals surface area (Å²) in [5.74, 6) is -1.03. The van der Waals surface area contributed by atoms with Gasteiger partial charge in [0.05, 0.1) is 17.6 Å². The van der Waals surface area contributed by atoms with Gasteiger partial charge in [0, 0.05) is 0 Å². The summed E-state index contributed by atoms with van der Waals surface area (Å²) in [7, 11) is 0. The smallest absolute Gasteiger partial charge is 0.335 e. The van der Waals surface area contributed by atoms with Gasteiger partial charge in [-0.25, -0.2) is 4.79 Å². The van der Waals surface area contributed by atoms with Crippen molar-refractivity contribution in [3.05, 3.63) is 35.4 Å². The van der Waals surface area contributed by atoms with Crippen molar-refractivity contribution in [2.24, 2.45) is 5.92 Å². The second-order valence-electron chi connectivity index (χ2n) is 3.78. The van der Waals surface area contributed by atoms with Crippen molar-refractivity contribution < 1.29 is 9.90 Å². The SMILES string of the molecule is CC(C)C(C#N)c1cccc(C(=O)O)c1. The van der Waals surface area contributed by atoms with Crippen LogP contribution in [-0.4, -0.2) is 11.1 Å². The molecule has 0 bridgehead atoms. The Labute approximate surface area is 89.0 Å². The maximum absolute atomic E-state index is 10.8. The van der Waals surface area contributed by atoms with Crippen LogP contribution >= 0.6 is 0 Å². The molecule has 0 fully saturated rings. The third-order valence-electron chi connectivity index (χ3n) is 2.30. The molecule has 1 atom stereocenters. The standard InChI is InChI=1S/C12H13NO2/c1-8(2)11(7-13)9-4-3-5-10(6-9)12(14)15/h3-6,8,11H,1-2H3,(H,14,15). The van der Waals surface area contributed by atoms with Gasteiger partial charge in [0.1, 0.15) is 0 Å². The lowest BCUT2D eigenvalue weighted by Gasteiger charge is -2.13. The molecule has 0 radical (unpaired) electrons. The summed E-state index contributed by atoms with van der Waals surface area (Å²) in [4.78, 5) is 10.8. The third kappa shape index (κ3) is 2.57. The number of rotatable bonds is 3. The highest BCUT2D eigenvalue weighted by atomic mass is 16.4. The Balaban J connectivity index is 3.10. The first-order valence-electron chi connectivity index (χ1n) is 4.79. The van der Waals surface area contributed by atoms with Crippen LogP contribution in [0.15, 0.2) is 24.3 Å². The van der Waals surface area contributed by atoms with Crippen LogP contribution in [0.1, 0.15) is 35.7 Å². The zero-order valence-electron chi connectivity index (χ0n) is 8.77. The molecule has 0 heterocycles. The van der Waals surface area contributed by atoms with Gasteiger partial charge in [-0.05, 0) is 23.6 Å². The second-order valence-corrected chi connectivity index (χ2v) is 3.78. The lowest BCUT2D eigenvalue weighted by atomic mass is 9.89. The average Bonchev–Trinajstić information content (AvgIpc) is 2.18. The Morgan fingerprint density at radius 1 is 1.47 bits per heavy atom. The Hall–Kier alpha value is -1.82. The normalized spacial score (nSPS) is 12.1. The molecule has 0 aliphatic rings. The van der Waals surface area contributed by atoms with Crippen molar-refractivity contribution in [3.63, 3.8) is 0 Å². The van der Waals surface area contributed by atoms with Crippen LogP contribution in [0, 0.1) is 17.2 Å². The third-order valence-corrected chi connectivity index (χ3v) is 2.30. The van der Waals surface area contributed by atoms with E-state index in [0.29, 0.717) is 0 Å². The molecule has 1 N–H and O–H groups in total. The van der Waals surface area contributed by atoms with Crippen LogP contribution < -0.4 is 0 Å². The lowest BCUT2D eigenvalue weighted by molar-refractivity contribution is 0.0696.